The Labute approximate surface area is 84.1 Å². The van der Waals surface area contributed by atoms with Gasteiger partial charge in [-0.25, -0.2) is 4.79 Å². The van der Waals surface area contributed by atoms with Crippen LogP contribution in [0.25, 0.3) is 0 Å². The van der Waals surface area contributed by atoms with Crippen LogP contribution in [0.1, 0.15) is 13.3 Å². The van der Waals surface area contributed by atoms with E-state index in [-0.39, 0.29) is 12.1 Å². The molecule has 1 rings (SSSR count). The third kappa shape index (κ3) is 2.36. The highest BCUT2D eigenvalue weighted by Gasteiger charge is 2.23. The minimum atomic E-state index is -0.366. The standard InChI is InChI=1S/C9H16N4O/c1-2-8(7-10)12-3-5-13(6-4-12)9(11)14/h8H,2-6H2,1H3,(H2,11,14). The molecule has 1 fully saturated rings. The zero-order valence-electron chi connectivity index (χ0n) is 8.44. The zero-order chi connectivity index (χ0) is 10.6. The number of rotatable bonds is 2. The van der Waals surface area contributed by atoms with Gasteiger partial charge in [0.25, 0.3) is 0 Å². The molecular weight excluding hydrogens is 180 g/mol. The molecule has 1 heterocycles. The maximum Gasteiger partial charge on any atom is 0.314 e. The first-order valence-electron chi connectivity index (χ1n) is 4.87. The lowest BCUT2D eigenvalue weighted by Crippen LogP contribution is -2.52. The first-order valence-corrected chi connectivity index (χ1v) is 4.87. The predicted molar refractivity (Wildman–Crippen MR) is 52.4 cm³/mol. The van der Waals surface area contributed by atoms with Crippen LogP contribution in [0.5, 0.6) is 0 Å². The number of urea groups is 1. The number of hydrogen-bond acceptors (Lipinski definition) is 3. The molecule has 1 saturated heterocycles. The van der Waals surface area contributed by atoms with Crippen molar-refractivity contribution in [3.05, 3.63) is 0 Å². The van der Waals surface area contributed by atoms with Crippen LogP contribution in [0.15, 0.2) is 0 Å². The van der Waals surface area contributed by atoms with E-state index in [0.717, 1.165) is 19.5 Å². The van der Waals surface area contributed by atoms with Gasteiger partial charge in [0.2, 0.25) is 0 Å². The Balaban J connectivity index is 2.43. The molecule has 5 nitrogen and oxygen atoms in total. The molecule has 0 saturated carbocycles. The lowest BCUT2D eigenvalue weighted by Gasteiger charge is -2.35. The fourth-order valence-corrected chi connectivity index (χ4v) is 1.69. The molecule has 78 valence electrons. The van der Waals surface area contributed by atoms with E-state index < -0.39 is 0 Å². The van der Waals surface area contributed by atoms with Crippen LogP contribution in [-0.2, 0) is 0 Å². The molecule has 1 atom stereocenters. The number of nitrogens with two attached hydrogens (primary N) is 1. The highest BCUT2D eigenvalue weighted by atomic mass is 16.2. The molecular formula is C9H16N4O. The van der Waals surface area contributed by atoms with Gasteiger partial charge in [-0.05, 0) is 6.42 Å². The van der Waals surface area contributed by atoms with Crippen LogP contribution < -0.4 is 5.73 Å². The number of carbonyl (C=O) groups excluding carboxylic acids is 1. The Morgan fingerprint density at radius 3 is 2.43 bits per heavy atom. The van der Waals surface area contributed by atoms with Crippen molar-refractivity contribution in [1.29, 1.82) is 5.26 Å². The third-order valence-electron chi connectivity index (χ3n) is 2.60. The van der Waals surface area contributed by atoms with E-state index in [4.69, 9.17) is 11.0 Å². The molecule has 0 radical (unpaired) electrons. The van der Waals surface area contributed by atoms with Crippen molar-refractivity contribution in [2.24, 2.45) is 5.73 Å². The van der Waals surface area contributed by atoms with Crippen LogP contribution in [0.4, 0.5) is 4.79 Å². The number of hydrogen-bond donors (Lipinski definition) is 1. The molecule has 0 spiro atoms. The Bertz CT molecular complexity index is 240. The zero-order valence-corrected chi connectivity index (χ0v) is 8.44. The van der Waals surface area contributed by atoms with E-state index in [0.29, 0.717) is 13.1 Å². The number of nitriles is 1. The average molecular weight is 196 g/mol. The average Bonchev–Trinajstić information content (AvgIpc) is 2.20. The Morgan fingerprint density at radius 1 is 1.50 bits per heavy atom. The normalized spacial score (nSPS) is 20.1. The van der Waals surface area contributed by atoms with Gasteiger partial charge in [-0.2, -0.15) is 5.26 Å². The molecule has 0 aromatic rings. The molecule has 0 bridgehead atoms. The van der Waals surface area contributed by atoms with Gasteiger partial charge in [-0.1, -0.05) is 6.92 Å². The minimum absolute atomic E-state index is 0.0231. The number of amides is 2. The second-order valence-electron chi connectivity index (χ2n) is 3.41. The number of carbonyl (C=O) groups is 1. The SMILES string of the molecule is CCC(C#N)N1CCN(C(N)=O)CC1. The first kappa shape index (κ1) is 10.8. The fourth-order valence-electron chi connectivity index (χ4n) is 1.69. The summed E-state index contributed by atoms with van der Waals surface area (Å²) >= 11 is 0. The van der Waals surface area contributed by atoms with Gasteiger partial charge in [0.1, 0.15) is 0 Å². The Hall–Kier alpha value is -1.28. The summed E-state index contributed by atoms with van der Waals surface area (Å²) in [4.78, 5) is 14.5. The second-order valence-corrected chi connectivity index (χ2v) is 3.41. The quantitative estimate of drug-likeness (QED) is 0.674. The summed E-state index contributed by atoms with van der Waals surface area (Å²) in [5, 5.41) is 8.86. The van der Waals surface area contributed by atoms with Gasteiger partial charge in [0.15, 0.2) is 0 Å². The van der Waals surface area contributed by atoms with E-state index >= 15 is 0 Å². The van der Waals surface area contributed by atoms with Crippen LogP contribution >= 0.6 is 0 Å². The van der Waals surface area contributed by atoms with E-state index in [1.54, 1.807) is 4.90 Å². The first-order chi connectivity index (χ1) is 6.69. The van der Waals surface area contributed by atoms with Crippen LogP contribution in [0, 0.1) is 11.3 Å². The summed E-state index contributed by atoms with van der Waals surface area (Å²) in [6.45, 7) is 4.75. The molecule has 2 amide bonds. The number of primary amides is 1. The van der Waals surface area contributed by atoms with Crippen molar-refractivity contribution in [2.45, 2.75) is 19.4 Å². The molecule has 14 heavy (non-hydrogen) atoms. The number of nitrogens with zero attached hydrogens (tertiary/aromatic N) is 3. The van der Waals surface area contributed by atoms with E-state index in [9.17, 15) is 4.79 Å². The van der Waals surface area contributed by atoms with Gasteiger partial charge < -0.3 is 10.6 Å². The van der Waals surface area contributed by atoms with Crippen LogP contribution in [0.3, 0.4) is 0 Å². The molecule has 0 aromatic heterocycles. The maximum atomic E-state index is 10.8. The largest absolute Gasteiger partial charge is 0.351 e. The molecule has 1 aliphatic heterocycles. The minimum Gasteiger partial charge on any atom is -0.351 e. The summed E-state index contributed by atoms with van der Waals surface area (Å²) in [6.07, 6.45) is 0.826. The molecule has 2 N–H and O–H groups in total. The topological polar surface area (TPSA) is 73.4 Å². The summed E-state index contributed by atoms with van der Waals surface area (Å²) in [6, 6.07) is 1.87. The van der Waals surface area contributed by atoms with Crippen LogP contribution in [-0.4, -0.2) is 48.1 Å². The van der Waals surface area contributed by atoms with Gasteiger partial charge in [-0.15, -0.1) is 0 Å². The lowest BCUT2D eigenvalue weighted by atomic mass is 10.2. The summed E-state index contributed by atoms with van der Waals surface area (Å²) in [5.41, 5.74) is 5.16. The predicted octanol–water partition coefficient (Wildman–Crippen LogP) is -0.0151. The highest BCUT2D eigenvalue weighted by molar-refractivity contribution is 5.72. The molecule has 0 aliphatic carbocycles. The van der Waals surface area contributed by atoms with Crippen molar-refractivity contribution < 1.29 is 4.79 Å². The fraction of sp³-hybridized carbons (Fsp3) is 0.778. The number of piperazine rings is 1. The summed E-state index contributed by atoms with van der Waals surface area (Å²) in [7, 11) is 0. The highest BCUT2D eigenvalue weighted by Crippen LogP contribution is 2.08. The molecule has 1 unspecified atom stereocenters. The van der Waals surface area contributed by atoms with Crippen molar-refractivity contribution in [2.75, 3.05) is 26.2 Å². The van der Waals surface area contributed by atoms with Crippen molar-refractivity contribution in [1.82, 2.24) is 9.80 Å². The van der Waals surface area contributed by atoms with Crippen molar-refractivity contribution in [3.8, 4) is 6.07 Å². The summed E-state index contributed by atoms with van der Waals surface area (Å²) < 4.78 is 0. The van der Waals surface area contributed by atoms with Gasteiger partial charge in [-0.3, -0.25) is 4.90 Å². The van der Waals surface area contributed by atoms with E-state index in [1.165, 1.54) is 0 Å². The summed E-state index contributed by atoms with van der Waals surface area (Å²) in [5.74, 6) is 0. The molecule has 0 aromatic carbocycles. The van der Waals surface area contributed by atoms with Crippen molar-refractivity contribution in [3.63, 3.8) is 0 Å². The maximum absolute atomic E-state index is 10.8. The van der Waals surface area contributed by atoms with Crippen molar-refractivity contribution >= 4 is 6.03 Å². The van der Waals surface area contributed by atoms with Gasteiger partial charge in [0, 0.05) is 26.2 Å². The smallest absolute Gasteiger partial charge is 0.314 e. The van der Waals surface area contributed by atoms with Gasteiger partial charge in [0.05, 0.1) is 12.1 Å². The van der Waals surface area contributed by atoms with Gasteiger partial charge >= 0.3 is 6.03 Å². The molecule has 5 heteroatoms. The monoisotopic (exact) mass is 196 g/mol. The lowest BCUT2D eigenvalue weighted by molar-refractivity contribution is 0.127. The second kappa shape index (κ2) is 4.82. The van der Waals surface area contributed by atoms with E-state index in [1.807, 2.05) is 6.92 Å². The third-order valence-corrected chi connectivity index (χ3v) is 2.60. The van der Waals surface area contributed by atoms with Crippen LogP contribution in [0.2, 0.25) is 0 Å². The Kier molecular flexibility index (Phi) is 3.72. The van der Waals surface area contributed by atoms with E-state index in [2.05, 4.69) is 11.0 Å². The Morgan fingerprint density at radius 2 is 2.07 bits per heavy atom. The molecule has 1 aliphatic rings.